The summed E-state index contributed by atoms with van der Waals surface area (Å²) in [5, 5.41) is 21.5. The second-order valence-corrected chi connectivity index (χ2v) is 15.6. The van der Waals surface area contributed by atoms with Crippen LogP contribution < -0.4 is 0 Å². The summed E-state index contributed by atoms with van der Waals surface area (Å²) in [4.78, 5) is 48.8. The number of carboxylic acids is 1. The molecule has 0 saturated heterocycles. The summed E-state index contributed by atoms with van der Waals surface area (Å²) in [6, 6.07) is 0. The van der Waals surface area contributed by atoms with Crippen molar-refractivity contribution >= 4 is 23.7 Å². The molecule has 0 aromatic heterocycles. The maximum Gasteiger partial charge on any atom is 0.317 e. The molecule has 0 heterocycles. The number of ether oxygens (including phenoxy) is 2. The molecule has 0 unspecified atom stereocenters. The average Bonchev–Trinajstić information content (AvgIpc) is 3.22. The van der Waals surface area contributed by atoms with Crippen molar-refractivity contribution in [2.75, 3.05) is 7.11 Å². The van der Waals surface area contributed by atoms with Crippen LogP contribution in [0.1, 0.15) is 113 Å². The van der Waals surface area contributed by atoms with Crippen LogP contribution in [0.3, 0.4) is 0 Å². The Bertz CT molecular complexity index is 1190. The molecule has 10 atom stereocenters. The van der Waals surface area contributed by atoms with Crippen LogP contribution in [0.5, 0.6) is 0 Å². The van der Waals surface area contributed by atoms with Crippen LogP contribution in [0.25, 0.3) is 0 Å². The molecule has 0 radical (unpaired) electrons. The van der Waals surface area contributed by atoms with E-state index < -0.39 is 35.8 Å². The Balaban J connectivity index is 1.59. The Morgan fingerprint density at radius 1 is 0.907 bits per heavy atom. The number of hydrogen-bond donors (Lipinski definition) is 2. The van der Waals surface area contributed by atoms with Crippen LogP contribution in [0.2, 0.25) is 0 Å². The van der Waals surface area contributed by atoms with Gasteiger partial charge in [0.05, 0.1) is 19.1 Å². The highest BCUT2D eigenvalue weighted by molar-refractivity contribution is 5.91. The maximum atomic E-state index is 13.1. The van der Waals surface area contributed by atoms with Gasteiger partial charge in [-0.15, -0.1) is 0 Å². The number of carbonyl (C=O) groups is 4. The van der Waals surface area contributed by atoms with Crippen molar-refractivity contribution in [3.8, 4) is 0 Å². The van der Waals surface area contributed by atoms with E-state index in [0.717, 1.165) is 32.1 Å². The molecule has 4 aliphatic rings. The van der Waals surface area contributed by atoms with Gasteiger partial charge in [-0.1, -0.05) is 66.5 Å². The zero-order valence-corrected chi connectivity index (χ0v) is 27.7. The lowest BCUT2D eigenvalue weighted by atomic mass is 9.42. The monoisotopic (exact) mass is 602 g/mol. The second kappa shape index (κ2) is 11.6. The minimum absolute atomic E-state index is 0.0101. The number of fused-ring (bicyclic) bond motifs is 4. The van der Waals surface area contributed by atoms with E-state index in [1.807, 2.05) is 0 Å². The molecule has 0 aliphatic heterocycles. The average molecular weight is 603 g/mol. The van der Waals surface area contributed by atoms with E-state index >= 15 is 0 Å². The van der Waals surface area contributed by atoms with Crippen molar-refractivity contribution in [1.29, 1.82) is 0 Å². The molecule has 0 aromatic carbocycles. The Kier molecular flexibility index (Phi) is 9.09. The van der Waals surface area contributed by atoms with Gasteiger partial charge in [0.25, 0.3) is 0 Å². The third-order valence-electron chi connectivity index (χ3n) is 13.5. The van der Waals surface area contributed by atoms with Crippen molar-refractivity contribution in [3.63, 3.8) is 0 Å². The quantitative estimate of drug-likeness (QED) is 0.183. The van der Waals surface area contributed by atoms with Crippen LogP contribution in [0.4, 0.5) is 0 Å². The maximum absolute atomic E-state index is 13.1. The molecular formula is C35H54O8. The zero-order valence-electron chi connectivity index (χ0n) is 27.7. The number of allylic oxidation sites excluding steroid dienone is 1. The molecule has 0 spiro atoms. The second-order valence-electron chi connectivity index (χ2n) is 15.6. The van der Waals surface area contributed by atoms with E-state index in [4.69, 9.17) is 4.74 Å². The molecule has 2 fully saturated rings. The molecule has 8 nitrogen and oxygen atoms in total. The third kappa shape index (κ3) is 5.27. The van der Waals surface area contributed by atoms with Crippen molar-refractivity contribution in [2.24, 2.45) is 51.2 Å². The highest BCUT2D eigenvalue weighted by Crippen LogP contribution is 2.72. The van der Waals surface area contributed by atoms with Crippen LogP contribution >= 0.6 is 0 Å². The minimum Gasteiger partial charge on any atom is -0.481 e. The molecule has 0 amide bonds. The van der Waals surface area contributed by atoms with Gasteiger partial charge in [0.1, 0.15) is 18.3 Å². The van der Waals surface area contributed by atoms with Crippen LogP contribution in [-0.4, -0.2) is 53.2 Å². The molecule has 8 heteroatoms. The van der Waals surface area contributed by atoms with Gasteiger partial charge in [0, 0.05) is 23.2 Å². The van der Waals surface area contributed by atoms with Crippen molar-refractivity contribution in [2.45, 2.75) is 125 Å². The summed E-state index contributed by atoms with van der Waals surface area (Å²) in [7, 11) is 1.26. The van der Waals surface area contributed by atoms with E-state index in [9.17, 15) is 29.4 Å². The number of Topliss-reactive ketones (excluding diaryl/α,β-unsaturated/α-hetero) is 1. The molecule has 0 aromatic rings. The number of carbonyl (C=O) groups excluding carboxylic acids is 3. The van der Waals surface area contributed by atoms with E-state index in [1.165, 1.54) is 18.3 Å². The Morgan fingerprint density at radius 2 is 1.56 bits per heavy atom. The number of methoxy groups -OCH3 is 1. The minimum atomic E-state index is -0.947. The fraction of sp³-hybridized carbons (Fsp3) is 0.829. The molecule has 2 saturated carbocycles. The lowest BCUT2D eigenvalue weighted by Crippen LogP contribution is -2.58. The van der Waals surface area contributed by atoms with Gasteiger partial charge in [-0.05, 0) is 73.5 Å². The molecule has 43 heavy (non-hydrogen) atoms. The Labute approximate surface area is 257 Å². The van der Waals surface area contributed by atoms with Crippen LogP contribution in [0, 0.1) is 51.2 Å². The number of aliphatic hydroxyl groups is 1. The van der Waals surface area contributed by atoms with E-state index in [-0.39, 0.29) is 57.7 Å². The van der Waals surface area contributed by atoms with Gasteiger partial charge in [-0.25, -0.2) is 0 Å². The SMILES string of the molecule is COC(=O)CC(=O)O[C@@H]1CC[C@]2(C)C3=C(CC[C@H]2C1(C)C)[C@]1(C)CC[C@H]([C@H](C)CC(=O)[C@H](C)[C@H](C)C(=O)O)[C@@]1(C)[C@H](O)C3. The number of aliphatic carboxylic acids is 1. The fourth-order valence-electron chi connectivity index (χ4n) is 10.4. The lowest BCUT2D eigenvalue weighted by Gasteiger charge is -2.63. The molecular weight excluding hydrogens is 548 g/mol. The fourth-order valence-corrected chi connectivity index (χ4v) is 10.4. The summed E-state index contributed by atoms with van der Waals surface area (Å²) >= 11 is 0. The van der Waals surface area contributed by atoms with Crippen molar-refractivity contribution < 1.29 is 38.9 Å². The standard InChI is InChI=1S/C35H54O8/c1-19(16-25(36)20(2)21(3)31(40)41)22-12-15-34(7)23-10-11-26-32(4,5)28(43-30(39)18-29(38)42-9)13-14-33(26,6)24(23)17-27(37)35(22,34)8/h19-22,26-28,37H,10-18H2,1-9H3,(H,40,41)/t19-,20-,21+,22-,26+,27-,28-,33-,34+,35+/m1/s1. The van der Waals surface area contributed by atoms with E-state index in [2.05, 4.69) is 46.3 Å². The zero-order chi connectivity index (χ0) is 32.3. The van der Waals surface area contributed by atoms with Gasteiger partial charge in [0.2, 0.25) is 0 Å². The Morgan fingerprint density at radius 3 is 2.16 bits per heavy atom. The lowest BCUT2D eigenvalue weighted by molar-refractivity contribution is -0.173. The summed E-state index contributed by atoms with van der Waals surface area (Å²) in [6.45, 7) is 16.7. The highest BCUT2D eigenvalue weighted by Gasteiger charge is 2.66. The predicted molar refractivity (Wildman–Crippen MR) is 162 cm³/mol. The molecule has 242 valence electrons. The topological polar surface area (TPSA) is 127 Å². The van der Waals surface area contributed by atoms with E-state index in [0.29, 0.717) is 19.3 Å². The van der Waals surface area contributed by atoms with Gasteiger partial charge >= 0.3 is 17.9 Å². The summed E-state index contributed by atoms with van der Waals surface area (Å²) < 4.78 is 10.5. The number of esters is 2. The van der Waals surface area contributed by atoms with Crippen LogP contribution in [-0.2, 0) is 28.7 Å². The molecule has 2 N–H and O–H groups in total. The first-order valence-electron chi connectivity index (χ1n) is 16.3. The first kappa shape index (κ1) is 33.7. The summed E-state index contributed by atoms with van der Waals surface area (Å²) in [6.07, 6.45) is 5.07. The Hall–Kier alpha value is -2.22. The van der Waals surface area contributed by atoms with Gasteiger partial charge in [0.15, 0.2) is 0 Å². The van der Waals surface area contributed by atoms with Gasteiger partial charge in [-0.2, -0.15) is 0 Å². The van der Waals surface area contributed by atoms with Crippen molar-refractivity contribution in [1.82, 2.24) is 0 Å². The largest absolute Gasteiger partial charge is 0.481 e. The van der Waals surface area contributed by atoms with Crippen molar-refractivity contribution in [3.05, 3.63) is 11.1 Å². The highest BCUT2D eigenvalue weighted by atomic mass is 16.6. The van der Waals surface area contributed by atoms with Crippen LogP contribution in [0.15, 0.2) is 11.1 Å². The van der Waals surface area contributed by atoms with E-state index in [1.54, 1.807) is 13.8 Å². The summed E-state index contributed by atoms with van der Waals surface area (Å²) in [5.74, 6) is -2.90. The van der Waals surface area contributed by atoms with Gasteiger partial charge in [-0.3, -0.25) is 19.2 Å². The first-order chi connectivity index (χ1) is 19.9. The molecule has 0 bridgehead atoms. The first-order valence-corrected chi connectivity index (χ1v) is 16.3. The molecule has 4 aliphatic carbocycles. The van der Waals surface area contributed by atoms with Gasteiger partial charge < -0.3 is 19.7 Å². The number of ketones is 1. The molecule has 4 rings (SSSR count). The number of rotatable bonds is 9. The number of carboxylic acid groups (broad SMARTS) is 1. The smallest absolute Gasteiger partial charge is 0.317 e. The number of hydrogen-bond acceptors (Lipinski definition) is 7. The predicted octanol–water partition coefficient (Wildman–Crippen LogP) is 6.13. The normalized spacial score (nSPS) is 38.6. The summed E-state index contributed by atoms with van der Waals surface area (Å²) in [5.41, 5.74) is 1.87. The number of aliphatic hydroxyl groups excluding tert-OH is 1. The third-order valence-corrected chi connectivity index (χ3v) is 13.5.